The van der Waals surface area contributed by atoms with Crippen molar-refractivity contribution >= 4 is 57.5 Å². The maximum absolute atomic E-state index is 11.9. The normalized spacial score (nSPS) is 10.2. The Hall–Kier alpha value is -0.920. The highest BCUT2D eigenvalue weighted by Gasteiger charge is 2.11. The quantitative estimate of drug-likeness (QED) is 0.792. The molecule has 0 aliphatic heterocycles. The van der Waals surface area contributed by atoms with Crippen molar-refractivity contribution in [2.45, 2.75) is 0 Å². The molecule has 1 heterocycles. The molecule has 0 fully saturated rings. The van der Waals surface area contributed by atoms with Gasteiger partial charge in [-0.05, 0) is 40.8 Å². The van der Waals surface area contributed by atoms with Crippen LogP contribution in [0.25, 0.3) is 0 Å². The third-order valence-electron chi connectivity index (χ3n) is 2.07. The summed E-state index contributed by atoms with van der Waals surface area (Å²) in [6.45, 7) is 0. The Labute approximate surface area is 127 Å². The maximum Gasteiger partial charge on any atom is 0.256 e. The van der Waals surface area contributed by atoms with Gasteiger partial charge in [-0.15, -0.1) is 0 Å². The van der Waals surface area contributed by atoms with Crippen LogP contribution in [0.1, 0.15) is 10.4 Å². The second-order valence-electron chi connectivity index (χ2n) is 3.28. The molecule has 0 radical (unpaired) electrons. The fourth-order valence-electron chi connectivity index (χ4n) is 1.22. The van der Waals surface area contributed by atoms with Crippen LogP contribution in [0.3, 0.4) is 0 Å². The lowest BCUT2D eigenvalue weighted by molar-refractivity contribution is 0.102. The molecule has 4 nitrogen and oxygen atoms in total. The van der Waals surface area contributed by atoms with Crippen molar-refractivity contribution in [1.29, 1.82) is 0 Å². The third kappa shape index (κ3) is 3.09. The highest BCUT2D eigenvalue weighted by atomic mass is 127. The van der Waals surface area contributed by atoms with E-state index < -0.39 is 0 Å². The lowest BCUT2D eigenvalue weighted by Crippen LogP contribution is -2.13. The molecule has 0 aliphatic rings. The summed E-state index contributed by atoms with van der Waals surface area (Å²) >= 11 is 13.8. The Kier molecular flexibility index (Phi) is 4.36. The molecule has 0 bridgehead atoms. The van der Waals surface area contributed by atoms with Crippen LogP contribution in [0.2, 0.25) is 10.2 Å². The molecule has 92 valence electrons. The van der Waals surface area contributed by atoms with E-state index in [0.717, 1.165) is 3.57 Å². The van der Waals surface area contributed by atoms with Crippen LogP contribution < -0.4 is 5.32 Å². The number of rotatable bonds is 2. The van der Waals surface area contributed by atoms with Gasteiger partial charge in [0.05, 0.1) is 5.02 Å². The molecule has 1 amide bonds. The van der Waals surface area contributed by atoms with Gasteiger partial charge < -0.3 is 5.32 Å². The molecule has 1 aromatic carbocycles. The Morgan fingerprint density at radius 2 is 1.94 bits per heavy atom. The molecule has 0 unspecified atom stereocenters. The van der Waals surface area contributed by atoms with E-state index in [1.54, 1.807) is 18.2 Å². The molecule has 0 spiro atoms. The van der Waals surface area contributed by atoms with Crippen LogP contribution in [0.15, 0.2) is 30.6 Å². The van der Waals surface area contributed by atoms with Crippen molar-refractivity contribution in [3.05, 3.63) is 49.9 Å². The van der Waals surface area contributed by atoms with Crippen LogP contribution in [-0.2, 0) is 0 Å². The van der Waals surface area contributed by atoms with Gasteiger partial charge in [-0.2, -0.15) is 0 Å². The van der Waals surface area contributed by atoms with Gasteiger partial charge in [0.15, 0.2) is 11.0 Å². The number of nitrogens with one attached hydrogen (secondary N) is 1. The zero-order valence-electron chi connectivity index (χ0n) is 8.82. The lowest BCUT2D eigenvalue weighted by atomic mass is 10.2. The first-order chi connectivity index (χ1) is 8.58. The second-order valence-corrected chi connectivity index (χ2v) is 5.21. The van der Waals surface area contributed by atoms with Crippen LogP contribution in [0.4, 0.5) is 5.82 Å². The van der Waals surface area contributed by atoms with Gasteiger partial charge in [0.1, 0.15) is 0 Å². The summed E-state index contributed by atoms with van der Waals surface area (Å²) < 4.78 is 0.878. The first kappa shape index (κ1) is 13.5. The fourth-order valence-corrected chi connectivity index (χ4v) is 1.89. The summed E-state index contributed by atoms with van der Waals surface area (Å²) in [4.78, 5) is 19.7. The number of carbonyl (C=O) groups excluding carboxylic acids is 1. The topological polar surface area (TPSA) is 54.9 Å². The van der Waals surface area contributed by atoms with E-state index in [2.05, 4.69) is 37.9 Å². The Bertz CT molecular complexity index is 607. The predicted octanol–water partition coefficient (Wildman–Crippen LogP) is 3.64. The number of hydrogen-bond donors (Lipinski definition) is 1. The largest absolute Gasteiger partial charge is 0.304 e. The summed E-state index contributed by atoms with van der Waals surface area (Å²) in [5.74, 6) is -0.116. The van der Waals surface area contributed by atoms with Gasteiger partial charge in [-0.3, -0.25) is 4.79 Å². The highest BCUT2D eigenvalue weighted by Crippen LogP contribution is 2.21. The molecule has 1 aromatic heterocycles. The zero-order valence-corrected chi connectivity index (χ0v) is 12.5. The summed E-state index contributed by atoms with van der Waals surface area (Å²) in [6, 6.07) is 5.02. The standard InChI is InChI=1S/C11H6Cl2IN3O/c12-7-5-6(1-2-8(7)14)11(18)17-10-9(13)15-3-4-16-10/h1-5H,(H,16,17,18). The minimum atomic E-state index is -0.337. The number of aromatic nitrogens is 2. The van der Waals surface area contributed by atoms with Gasteiger partial charge in [-0.25, -0.2) is 9.97 Å². The smallest absolute Gasteiger partial charge is 0.256 e. The Balaban J connectivity index is 2.22. The van der Waals surface area contributed by atoms with Gasteiger partial charge >= 0.3 is 0 Å². The molecular weight excluding hydrogens is 388 g/mol. The number of anilines is 1. The Morgan fingerprint density at radius 3 is 2.61 bits per heavy atom. The van der Waals surface area contributed by atoms with Crippen LogP contribution in [0, 0.1) is 3.57 Å². The predicted molar refractivity (Wildman–Crippen MR) is 79.2 cm³/mol. The molecule has 0 atom stereocenters. The van der Waals surface area contributed by atoms with Crippen molar-refractivity contribution in [1.82, 2.24) is 9.97 Å². The molecule has 0 saturated heterocycles. The van der Waals surface area contributed by atoms with E-state index in [0.29, 0.717) is 10.6 Å². The van der Waals surface area contributed by atoms with Gasteiger partial charge in [0.2, 0.25) is 0 Å². The van der Waals surface area contributed by atoms with E-state index in [4.69, 9.17) is 23.2 Å². The number of benzene rings is 1. The van der Waals surface area contributed by atoms with Crippen LogP contribution in [0.5, 0.6) is 0 Å². The zero-order chi connectivity index (χ0) is 13.1. The minimum Gasteiger partial charge on any atom is -0.304 e. The first-order valence-electron chi connectivity index (χ1n) is 4.81. The number of hydrogen-bond acceptors (Lipinski definition) is 3. The SMILES string of the molecule is O=C(Nc1nccnc1Cl)c1ccc(I)c(Cl)c1. The van der Waals surface area contributed by atoms with Crippen molar-refractivity contribution < 1.29 is 4.79 Å². The van der Waals surface area contributed by atoms with Crippen LogP contribution >= 0.6 is 45.8 Å². The minimum absolute atomic E-state index is 0.141. The van der Waals surface area contributed by atoms with Crippen molar-refractivity contribution in [2.75, 3.05) is 5.32 Å². The van der Waals surface area contributed by atoms with Crippen molar-refractivity contribution in [3.8, 4) is 0 Å². The van der Waals surface area contributed by atoms with Crippen molar-refractivity contribution in [2.24, 2.45) is 0 Å². The van der Waals surface area contributed by atoms with E-state index in [-0.39, 0.29) is 16.9 Å². The number of carbonyl (C=O) groups is 1. The average molecular weight is 394 g/mol. The fraction of sp³-hybridized carbons (Fsp3) is 0. The van der Waals surface area contributed by atoms with E-state index in [1.165, 1.54) is 12.4 Å². The summed E-state index contributed by atoms with van der Waals surface area (Å²) in [5, 5.41) is 3.23. The Morgan fingerprint density at radius 1 is 1.22 bits per heavy atom. The molecule has 2 rings (SSSR count). The third-order valence-corrected chi connectivity index (χ3v) is 3.92. The van der Waals surface area contributed by atoms with Gasteiger partial charge in [-0.1, -0.05) is 23.2 Å². The molecular formula is C11H6Cl2IN3O. The van der Waals surface area contributed by atoms with Gasteiger partial charge in [0.25, 0.3) is 5.91 Å². The summed E-state index contributed by atoms with van der Waals surface area (Å²) in [5.41, 5.74) is 0.433. The molecule has 0 saturated carbocycles. The number of halogens is 3. The summed E-state index contributed by atoms with van der Waals surface area (Å²) in [6.07, 6.45) is 2.89. The molecule has 18 heavy (non-hydrogen) atoms. The van der Waals surface area contributed by atoms with Crippen molar-refractivity contribution in [3.63, 3.8) is 0 Å². The number of nitrogens with zero attached hydrogens (tertiary/aromatic N) is 2. The van der Waals surface area contributed by atoms with Gasteiger partial charge in [0, 0.05) is 21.5 Å². The average Bonchev–Trinajstić information content (AvgIpc) is 2.35. The molecule has 0 aliphatic carbocycles. The second kappa shape index (κ2) is 5.81. The van der Waals surface area contributed by atoms with E-state index >= 15 is 0 Å². The van der Waals surface area contributed by atoms with E-state index in [1.807, 2.05) is 0 Å². The number of amides is 1. The maximum atomic E-state index is 11.9. The monoisotopic (exact) mass is 393 g/mol. The highest BCUT2D eigenvalue weighted by molar-refractivity contribution is 14.1. The van der Waals surface area contributed by atoms with E-state index in [9.17, 15) is 4.79 Å². The first-order valence-corrected chi connectivity index (χ1v) is 6.64. The molecule has 7 heteroatoms. The summed E-state index contributed by atoms with van der Waals surface area (Å²) in [7, 11) is 0. The lowest BCUT2D eigenvalue weighted by Gasteiger charge is -2.06. The molecule has 2 aromatic rings. The van der Waals surface area contributed by atoms with Crippen LogP contribution in [-0.4, -0.2) is 15.9 Å². The molecule has 1 N–H and O–H groups in total.